The number of rotatable bonds is 2. The molecule has 0 bridgehead atoms. The van der Waals surface area contributed by atoms with Crippen molar-refractivity contribution in [3.63, 3.8) is 0 Å². The molecule has 14 heavy (non-hydrogen) atoms. The first-order valence-electron chi connectivity index (χ1n) is 4.12. The van der Waals surface area contributed by atoms with Gasteiger partial charge in [0.25, 0.3) is 11.5 Å². The van der Waals surface area contributed by atoms with E-state index in [2.05, 4.69) is 10.1 Å². The minimum Gasteiger partial charge on any atom is -0.478 e. The van der Waals surface area contributed by atoms with Crippen molar-refractivity contribution < 1.29 is 24.2 Å². The number of nitrogens with one attached hydrogen (secondary N) is 1. The number of hydrogen-bond donors (Lipinski definition) is 2. The van der Waals surface area contributed by atoms with Gasteiger partial charge >= 0.3 is 11.9 Å². The van der Waals surface area contributed by atoms with Crippen LogP contribution in [0.15, 0.2) is 0 Å². The van der Waals surface area contributed by atoms with Gasteiger partial charge in [-0.25, -0.2) is 4.79 Å². The predicted octanol–water partition coefficient (Wildman–Crippen LogP) is -0.719. The Kier molecular flexibility index (Phi) is 2.46. The highest BCUT2D eigenvalue weighted by Gasteiger charge is 2.55. The second kappa shape index (κ2) is 3.28. The lowest BCUT2D eigenvalue weighted by Crippen LogP contribution is -2.49. The molecule has 0 aromatic heterocycles. The molecule has 0 aromatic carbocycles. The Labute approximate surface area is 80.2 Å². The molecule has 1 saturated heterocycles. The van der Waals surface area contributed by atoms with Crippen LogP contribution in [0, 0.1) is 0 Å². The van der Waals surface area contributed by atoms with Crippen molar-refractivity contribution in [1.29, 1.82) is 0 Å². The molecule has 0 radical (unpaired) electrons. The Morgan fingerprint density at radius 1 is 1.64 bits per heavy atom. The number of ether oxygens (including phenoxy) is 1. The van der Waals surface area contributed by atoms with E-state index in [1.54, 1.807) is 6.92 Å². The molecule has 0 aliphatic carbocycles. The van der Waals surface area contributed by atoms with E-state index in [4.69, 9.17) is 5.11 Å². The van der Waals surface area contributed by atoms with Gasteiger partial charge in [0.1, 0.15) is 0 Å². The Hall–Kier alpha value is -1.59. The first kappa shape index (κ1) is 10.5. The Morgan fingerprint density at radius 3 is 2.50 bits per heavy atom. The predicted molar refractivity (Wildman–Crippen MR) is 44.4 cm³/mol. The molecule has 0 aromatic rings. The molecule has 2 atom stereocenters. The van der Waals surface area contributed by atoms with Crippen molar-refractivity contribution in [2.75, 3.05) is 0 Å². The van der Waals surface area contributed by atoms with Gasteiger partial charge in [-0.15, -0.1) is 0 Å². The van der Waals surface area contributed by atoms with Crippen molar-refractivity contribution in [2.45, 2.75) is 31.9 Å². The maximum Gasteiger partial charge on any atom is 0.358 e. The topological polar surface area (TPSA) is 92.7 Å². The fourth-order valence-electron chi connectivity index (χ4n) is 1.48. The van der Waals surface area contributed by atoms with E-state index in [9.17, 15) is 14.4 Å². The molecular formula is C8H11NO5. The summed E-state index contributed by atoms with van der Waals surface area (Å²) in [6.45, 7) is 2.72. The van der Waals surface area contributed by atoms with Gasteiger partial charge in [0.2, 0.25) is 0 Å². The zero-order chi connectivity index (χ0) is 10.9. The lowest BCUT2D eigenvalue weighted by molar-refractivity contribution is -0.179. The van der Waals surface area contributed by atoms with Gasteiger partial charge in [-0.3, -0.25) is 9.59 Å². The van der Waals surface area contributed by atoms with Crippen LogP contribution in [0.1, 0.15) is 20.3 Å². The molecule has 6 heteroatoms. The summed E-state index contributed by atoms with van der Waals surface area (Å²) in [5.74, 6) is -2.99. The van der Waals surface area contributed by atoms with Gasteiger partial charge in [-0.05, 0) is 6.92 Å². The second-order valence-electron chi connectivity index (χ2n) is 3.30. The third-order valence-corrected chi connectivity index (χ3v) is 2.00. The van der Waals surface area contributed by atoms with Crippen LogP contribution in [0.3, 0.4) is 0 Å². The van der Waals surface area contributed by atoms with Crippen molar-refractivity contribution in [1.82, 2.24) is 5.32 Å². The van der Waals surface area contributed by atoms with E-state index in [0.29, 0.717) is 0 Å². The van der Waals surface area contributed by atoms with Crippen molar-refractivity contribution >= 4 is 17.8 Å². The molecule has 2 N–H and O–H groups in total. The number of hydrogen-bond acceptors (Lipinski definition) is 4. The average Bonchev–Trinajstić information content (AvgIpc) is 2.26. The van der Waals surface area contributed by atoms with Crippen LogP contribution in [0.4, 0.5) is 0 Å². The number of amides is 1. The molecule has 6 nitrogen and oxygen atoms in total. The summed E-state index contributed by atoms with van der Waals surface area (Å²) in [5.41, 5.74) is -2.04. The van der Waals surface area contributed by atoms with E-state index in [1.165, 1.54) is 0 Å². The maximum absolute atomic E-state index is 11.3. The van der Waals surface area contributed by atoms with Gasteiger partial charge in [-0.1, -0.05) is 0 Å². The minimum absolute atomic E-state index is 0.0409. The van der Waals surface area contributed by atoms with Gasteiger partial charge < -0.3 is 15.2 Å². The largest absolute Gasteiger partial charge is 0.478 e. The fraction of sp³-hybridized carbons (Fsp3) is 0.625. The molecule has 0 saturated carbocycles. The van der Waals surface area contributed by atoms with Gasteiger partial charge in [-0.2, -0.15) is 0 Å². The van der Waals surface area contributed by atoms with Crippen molar-refractivity contribution in [3.8, 4) is 0 Å². The van der Waals surface area contributed by atoms with E-state index in [0.717, 1.165) is 6.92 Å². The number of aliphatic carboxylic acids is 1. The van der Waals surface area contributed by atoms with Gasteiger partial charge in [0, 0.05) is 19.4 Å². The second-order valence-corrected chi connectivity index (χ2v) is 3.30. The number of carboxylic acid groups (broad SMARTS) is 1. The molecular weight excluding hydrogens is 190 g/mol. The third-order valence-electron chi connectivity index (χ3n) is 2.00. The summed E-state index contributed by atoms with van der Waals surface area (Å²) >= 11 is 0. The molecule has 1 rings (SSSR count). The number of carboxylic acids is 1. The molecule has 1 unspecified atom stereocenters. The van der Waals surface area contributed by atoms with E-state index < -0.39 is 23.4 Å². The standard InChI is InChI=1S/C8H11NO5/c1-4-3-8(7(12)13,6(11)9-4)14-5(2)10/h4H,3H2,1-2H3,(H,9,11)(H,12,13)/t4-,8?/m0/s1. The zero-order valence-electron chi connectivity index (χ0n) is 7.86. The zero-order valence-corrected chi connectivity index (χ0v) is 7.86. The highest BCUT2D eigenvalue weighted by atomic mass is 16.6. The first-order chi connectivity index (χ1) is 6.38. The Morgan fingerprint density at radius 2 is 2.21 bits per heavy atom. The monoisotopic (exact) mass is 201 g/mol. The average molecular weight is 201 g/mol. The fourth-order valence-corrected chi connectivity index (χ4v) is 1.48. The van der Waals surface area contributed by atoms with E-state index >= 15 is 0 Å². The lowest BCUT2D eigenvalue weighted by Gasteiger charge is -2.20. The summed E-state index contributed by atoms with van der Waals surface area (Å²) < 4.78 is 4.59. The minimum atomic E-state index is -2.04. The van der Waals surface area contributed by atoms with E-state index in [-0.39, 0.29) is 12.5 Å². The molecule has 1 heterocycles. The summed E-state index contributed by atoms with van der Waals surface area (Å²) in [7, 11) is 0. The van der Waals surface area contributed by atoms with Gasteiger partial charge in [0.05, 0.1) is 0 Å². The Bertz CT molecular complexity index is 300. The summed E-state index contributed by atoms with van der Waals surface area (Å²) in [6.07, 6.45) is -0.0409. The summed E-state index contributed by atoms with van der Waals surface area (Å²) in [6, 6.07) is -0.307. The summed E-state index contributed by atoms with van der Waals surface area (Å²) in [5, 5.41) is 11.3. The first-order valence-corrected chi connectivity index (χ1v) is 4.12. The number of carbonyl (C=O) groups excluding carboxylic acids is 2. The summed E-state index contributed by atoms with van der Waals surface area (Å²) in [4.78, 5) is 32.9. The highest BCUT2D eigenvalue weighted by molar-refractivity contribution is 6.08. The quantitative estimate of drug-likeness (QED) is 0.454. The lowest BCUT2D eigenvalue weighted by atomic mass is 10.00. The van der Waals surface area contributed by atoms with Gasteiger partial charge in [0.15, 0.2) is 0 Å². The van der Waals surface area contributed by atoms with Crippen LogP contribution in [0.25, 0.3) is 0 Å². The van der Waals surface area contributed by atoms with Crippen molar-refractivity contribution in [3.05, 3.63) is 0 Å². The normalized spacial score (nSPS) is 31.0. The molecule has 1 fully saturated rings. The Balaban J connectivity index is 2.99. The highest BCUT2D eigenvalue weighted by Crippen LogP contribution is 2.25. The molecule has 1 amide bonds. The van der Waals surface area contributed by atoms with Crippen LogP contribution in [0.5, 0.6) is 0 Å². The molecule has 78 valence electrons. The molecule has 1 aliphatic heterocycles. The van der Waals surface area contributed by atoms with Crippen LogP contribution < -0.4 is 5.32 Å². The third kappa shape index (κ3) is 1.55. The maximum atomic E-state index is 11.3. The smallest absolute Gasteiger partial charge is 0.358 e. The van der Waals surface area contributed by atoms with Crippen molar-refractivity contribution in [2.24, 2.45) is 0 Å². The molecule has 0 spiro atoms. The van der Waals surface area contributed by atoms with Crippen LogP contribution in [-0.4, -0.2) is 34.6 Å². The SMILES string of the molecule is CC(=O)OC1(C(=O)O)C[C@H](C)NC1=O. The van der Waals surface area contributed by atoms with Crippen LogP contribution >= 0.6 is 0 Å². The van der Waals surface area contributed by atoms with Crippen LogP contribution in [0.2, 0.25) is 0 Å². The van der Waals surface area contributed by atoms with Crippen LogP contribution in [-0.2, 0) is 19.1 Å². The number of esters is 1. The molecule has 1 aliphatic rings. The van der Waals surface area contributed by atoms with E-state index in [1.807, 2.05) is 0 Å². The number of carbonyl (C=O) groups is 3.